The first-order valence-electron chi connectivity index (χ1n) is 15.2. The number of nitrogens with zero attached hydrogens (tertiary/aromatic N) is 2. The molecule has 9 N–H and O–H groups in total. The summed E-state index contributed by atoms with van der Waals surface area (Å²) >= 11 is 0. The Morgan fingerprint density at radius 2 is 1.39 bits per heavy atom. The van der Waals surface area contributed by atoms with Crippen molar-refractivity contribution in [3.8, 4) is 0 Å². The summed E-state index contributed by atoms with van der Waals surface area (Å²) in [6.07, 6.45) is -0.617. The van der Waals surface area contributed by atoms with Crippen LogP contribution in [0.15, 0.2) is 0 Å². The van der Waals surface area contributed by atoms with Crippen LogP contribution >= 0.6 is 7.82 Å². The van der Waals surface area contributed by atoms with Crippen molar-refractivity contribution < 1.29 is 57.9 Å². The number of likely N-dealkylation sites (tertiary alicyclic amines) is 2. The third-order valence-corrected chi connectivity index (χ3v) is 8.31. The summed E-state index contributed by atoms with van der Waals surface area (Å²) in [4.78, 5) is 98.4. The van der Waals surface area contributed by atoms with Crippen LogP contribution in [0.4, 0.5) is 0 Å². The highest BCUT2D eigenvalue weighted by molar-refractivity contribution is 7.46. The molecule has 46 heavy (non-hydrogen) atoms. The quantitative estimate of drug-likeness (QED) is 0.0593. The summed E-state index contributed by atoms with van der Waals surface area (Å²) in [7, 11) is -5.12. The second-order valence-corrected chi connectivity index (χ2v) is 13.3. The van der Waals surface area contributed by atoms with E-state index in [1.165, 1.54) is 18.7 Å². The minimum absolute atomic E-state index is 0.0855. The summed E-state index contributed by atoms with van der Waals surface area (Å²) in [5.41, 5.74) is 5.76. The molecule has 2 saturated heterocycles. The summed E-state index contributed by atoms with van der Waals surface area (Å²) in [5, 5.41) is 26.7. The molecule has 19 heteroatoms. The predicted molar refractivity (Wildman–Crippen MR) is 160 cm³/mol. The molecule has 2 rings (SSSR count). The van der Waals surface area contributed by atoms with Crippen LogP contribution in [-0.4, -0.2) is 134 Å². The van der Waals surface area contributed by atoms with Crippen molar-refractivity contribution in [2.75, 3.05) is 19.7 Å². The summed E-state index contributed by atoms with van der Waals surface area (Å²) in [6.45, 7) is 5.51. The van der Waals surface area contributed by atoms with E-state index in [0.717, 1.165) is 4.90 Å². The zero-order chi connectivity index (χ0) is 34.9. The van der Waals surface area contributed by atoms with Crippen molar-refractivity contribution in [2.24, 2.45) is 11.7 Å². The van der Waals surface area contributed by atoms with Crippen LogP contribution in [0.2, 0.25) is 0 Å². The standard InChI is InChI=1S/C27H47N6O12P/c1-14(2)11-17(26(40)32-9-5-7-20(32)24(38)30-18(12-34)15(3)35)29-23(37)19(13-45-46(42,43)44)31-25(39)21-8-6-10-33(21)27(41)22(28)16(4)36/h12,14-22,35-36H,5-11,13,28H2,1-4H3,(H,29,37)(H,30,38)(H,31,39)(H2,42,43,44)/t15-,16-,17+,18-,19+,20+,21+,22+/m1/s1. The molecule has 0 spiro atoms. The van der Waals surface area contributed by atoms with Gasteiger partial charge in [-0.2, -0.15) is 0 Å². The van der Waals surface area contributed by atoms with Gasteiger partial charge >= 0.3 is 7.82 Å². The number of nitrogens with two attached hydrogens (primary N) is 1. The van der Waals surface area contributed by atoms with E-state index in [4.69, 9.17) is 5.73 Å². The Morgan fingerprint density at radius 3 is 1.85 bits per heavy atom. The normalized spacial score (nSPS) is 22.4. The minimum Gasteiger partial charge on any atom is -0.391 e. The van der Waals surface area contributed by atoms with Crippen molar-refractivity contribution in [2.45, 2.75) is 108 Å². The zero-order valence-corrected chi connectivity index (χ0v) is 27.3. The lowest BCUT2D eigenvalue weighted by Gasteiger charge is -2.32. The van der Waals surface area contributed by atoms with E-state index in [1.807, 2.05) is 0 Å². The van der Waals surface area contributed by atoms with Gasteiger partial charge in [0.2, 0.25) is 29.5 Å². The van der Waals surface area contributed by atoms with Gasteiger partial charge in [-0.25, -0.2) is 4.57 Å². The van der Waals surface area contributed by atoms with Crippen LogP contribution in [0, 0.1) is 5.92 Å². The van der Waals surface area contributed by atoms with Gasteiger partial charge in [-0.15, -0.1) is 0 Å². The van der Waals surface area contributed by atoms with Crippen molar-refractivity contribution in [1.82, 2.24) is 25.8 Å². The first-order chi connectivity index (χ1) is 21.4. The Labute approximate surface area is 267 Å². The second kappa shape index (κ2) is 17.2. The monoisotopic (exact) mass is 678 g/mol. The van der Waals surface area contributed by atoms with Crippen LogP contribution in [0.1, 0.15) is 59.8 Å². The number of carbonyl (C=O) groups is 6. The van der Waals surface area contributed by atoms with Crippen LogP contribution in [0.3, 0.4) is 0 Å². The Bertz CT molecular complexity index is 1160. The zero-order valence-electron chi connectivity index (χ0n) is 26.4. The van der Waals surface area contributed by atoms with Crippen molar-refractivity contribution in [3.63, 3.8) is 0 Å². The maximum Gasteiger partial charge on any atom is 0.469 e. The van der Waals surface area contributed by atoms with Crippen LogP contribution in [0.5, 0.6) is 0 Å². The lowest BCUT2D eigenvalue weighted by molar-refractivity contribution is -0.143. The lowest BCUT2D eigenvalue weighted by Crippen LogP contribution is -2.60. The molecule has 0 unspecified atom stereocenters. The molecule has 0 aromatic rings. The van der Waals surface area contributed by atoms with Gasteiger partial charge in [0.25, 0.3) is 0 Å². The van der Waals surface area contributed by atoms with E-state index in [1.54, 1.807) is 13.8 Å². The fraction of sp³-hybridized carbons (Fsp3) is 0.778. The number of rotatable bonds is 16. The van der Waals surface area contributed by atoms with Crippen molar-refractivity contribution in [1.29, 1.82) is 0 Å². The maximum atomic E-state index is 13.7. The Balaban J connectivity index is 2.27. The second-order valence-electron chi connectivity index (χ2n) is 12.1. The fourth-order valence-corrected chi connectivity index (χ4v) is 5.66. The lowest BCUT2D eigenvalue weighted by atomic mass is 10.0. The number of hydrogen-bond donors (Lipinski definition) is 8. The third-order valence-electron chi connectivity index (χ3n) is 7.82. The molecule has 0 radical (unpaired) electrons. The summed E-state index contributed by atoms with van der Waals surface area (Å²) in [6, 6.07) is -7.54. The Morgan fingerprint density at radius 1 is 0.870 bits per heavy atom. The summed E-state index contributed by atoms with van der Waals surface area (Å²) < 4.78 is 16.0. The molecule has 0 aliphatic carbocycles. The molecule has 0 bridgehead atoms. The third kappa shape index (κ3) is 11.1. The van der Waals surface area contributed by atoms with Crippen LogP contribution in [-0.2, 0) is 37.9 Å². The number of amides is 5. The molecule has 2 heterocycles. The van der Waals surface area contributed by atoms with Gasteiger partial charge in [-0.1, -0.05) is 13.8 Å². The molecule has 0 aromatic carbocycles. The molecule has 2 aliphatic heterocycles. The van der Waals surface area contributed by atoms with Gasteiger partial charge in [0, 0.05) is 13.1 Å². The number of hydrogen-bond acceptors (Lipinski definition) is 11. The molecule has 8 atom stereocenters. The van der Waals surface area contributed by atoms with Gasteiger partial charge in [0.05, 0.1) is 18.8 Å². The van der Waals surface area contributed by atoms with Gasteiger partial charge < -0.3 is 56.3 Å². The van der Waals surface area contributed by atoms with E-state index < -0.39 is 92.4 Å². The number of nitrogens with one attached hydrogen (secondary N) is 3. The molecular formula is C27H47N6O12P. The Kier molecular flexibility index (Phi) is 14.7. The largest absolute Gasteiger partial charge is 0.469 e. The Hall–Kier alpha value is -2.99. The van der Waals surface area contributed by atoms with Gasteiger partial charge in [0.1, 0.15) is 42.5 Å². The number of phosphoric acid groups is 1. The van der Waals surface area contributed by atoms with Gasteiger partial charge in [-0.05, 0) is 51.9 Å². The smallest absolute Gasteiger partial charge is 0.391 e. The first kappa shape index (κ1) is 39.2. The summed E-state index contributed by atoms with van der Waals surface area (Å²) in [5.74, 6) is -4.02. The number of phosphoric ester groups is 1. The highest BCUT2D eigenvalue weighted by atomic mass is 31.2. The first-order valence-corrected chi connectivity index (χ1v) is 16.7. The van der Waals surface area contributed by atoms with E-state index in [2.05, 4.69) is 20.5 Å². The van der Waals surface area contributed by atoms with Gasteiger partial charge in [-0.3, -0.25) is 28.5 Å². The van der Waals surface area contributed by atoms with Gasteiger partial charge in [0.15, 0.2) is 0 Å². The van der Waals surface area contributed by atoms with Crippen LogP contribution in [0.25, 0.3) is 0 Å². The van der Waals surface area contributed by atoms with E-state index >= 15 is 0 Å². The van der Waals surface area contributed by atoms with Crippen LogP contribution < -0.4 is 21.7 Å². The molecule has 2 aliphatic rings. The average molecular weight is 679 g/mol. The number of aliphatic hydroxyl groups excluding tert-OH is 2. The van der Waals surface area contributed by atoms with E-state index in [0.29, 0.717) is 19.1 Å². The maximum absolute atomic E-state index is 13.7. The predicted octanol–water partition coefficient (Wildman–Crippen LogP) is -3.13. The van der Waals surface area contributed by atoms with E-state index in [-0.39, 0.29) is 38.3 Å². The molecule has 18 nitrogen and oxygen atoms in total. The number of aliphatic hydroxyl groups is 2. The molecule has 0 aromatic heterocycles. The molecule has 5 amide bonds. The molecule has 2 fully saturated rings. The number of aldehydes is 1. The number of carbonyl (C=O) groups excluding carboxylic acids is 6. The van der Waals surface area contributed by atoms with E-state index in [9.17, 15) is 53.3 Å². The molecule has 262 valence electrons. The van der Waals surface area contributed by atoms with Crippen molar-refractivity contribution in [3.05, 3.63) is 0 Å². The molecular weight excluding hydrogens is 631 g/mol. The highest BCUT2D eigenvalue weighted by Gasteiger charge is 2.41. The SMILES string of the molecule is CC(C)C[C@H](NC(=O)[C@H](COP(=O)(O)O)NC(=O)[C@@H]1CCCN1C(=O)[C@@H](N)[C@@H](C)O)C(=O)N1CCC[C@H]1C(=O)N[C@H](C=O)[C@@H](C)O. The highest BCUT2D eigenvalue weighted by Crippen LogP contribution is 2.35. The van der Waals surface area contributed by atoms with Crippen molar-refractivity contribution >= 4 is 43.6 Å². The average Bonchev–Trinajstić information content (AvgIpc) is 3.66. The fourth-order valence-electron chi connectivity index (χ4n) is 5.32. The minimum atomic E-state index is -5.12. The molecule has 0 saturated carbocycles. The topological polar surface area (TPSA) is 278 Å².